The smallest absolute Gasteiger partial charge is 0.410 e. The van der Waals surface area contributed by atoms with Crippen molar-refractivity contribution in [2.75, 3.05) is 26.4 Å². The van der Waals surface area contributed by atoms with Crippen molar-refractivity contribution in [1.29, 1.82) is 0 Å². The van der Waals surface area contributed by atoms with Gasteiger partial charge in [-0.2, -0.15) is 0 Å². The predicted molar refractivity (Wildman–Crippen MR) is 237 cm³/mol. The number of aldehydes is 1. The summed E-state index contributed by atoms with van der Waals surface area (Å²) in [5.41, 5.74) is 4.47. The van der Waals surface area contributed by atoms with Gasteiger partial charge in [-0.15, -0.1) is 6.58 Å². The maximum atomic E-state index is 14.4. The molecule has 0 radical (unpaired) electrons. The highest BCUT2D eigenvalue weighted by molar-refractivity contribution is 6.03. The lowest BCUT2D eigenvalue weighted by Crippen LogP contribution is -2.70. The summed E-state index contributed by atoms with van der Waals surface area (Å²) in [5.74, 6) is -1.24. The zero-order chi connectivity index (χ0) is 44.2. The molecular formula is C51H57FN2O9. The zero-order valence-electron chi connectivity index (χ0n) is 35.8. The van der Waals surface area contributed by atoms with Gasteiger partial charge in [0.05, 0.1) is 24.8 Å². The number of carbonyl (C=O) groups is 2. The van der Waals surface area contributed by atoms with Crippen LogP contribution in [0.5, 0.6) is 17.2 Å². The summed E-state index contributed by atoms with van der Waals surface area (Å²) in [4.78, 5) is 33.9. The van der Waals surface area contributed by atoms with Crippen molar-refractivity contribution < 1.29 is 48.0 Å². The van der Waals surface area contributed by atoms with Crippen LogP contribution in [0, 0.1) is 23.6 Å². The summed E-state index contributed by atoms with van der Waals surface area (Å²) in [6.45, 7) is 6.33. The van der Waals surface area contributed by atoms with Gasteiger partial charge in [0.2, 0.25) is 5.79 Å². The third-order valence-electron chi connectivity index (χ3n) is 12.3. The van der Waals surface area contributed by atoms with Gasteiger partial charge in [0.15, 0.2) is 0 Å². The van der Waals surface area contributed by atoms with Crippen LogP contribution in [0.3, 0.4) is 0 Å². The fourth-order valence-electron chi connectivity index (χ4n) is 9.55. The standard InChI is InChI=1S/C51H57FN2O9/c1-3-27-60-51-47(54(50(58)59-4-2)32-35-19-21-39(52)22-20-35)31-45(53-61-34-36-13-6-5-7-14-36)43-29-38(16-8-10-25-55)42(18-9-11-26-56)48(49(43)51)44-30-41(23-24-46(44)63-51)62-40-17-12-15-37(28-40)33-57/h3,5-7,12-15,17,19-24,28-30,33,38,42,47-49,55-56H,1,4,8-11,16,18,25-27,31-32,34H2,2H3. The van der Waals surface area contributed by atoms with E-state index in [1.807, 2.05) is 48.5 Å². The Morgan fingerprint density at radius 3 is 2.43 bits per heavy atom. The van der Waals surface area contributed by atoms with Crippen LogP contribution in [0.15, 0.2) is 127 Å². The Balaban J connectivity index is 1.45. The molecule has 0 bridgehead atoms. The molecule has 6 atom stereocenters. The minimum atomic E-state index is -1.53. The van der Waals surface area contributed by atoms with Crippen molar-refractivity contribution in [2.45, 2.75) is 82.8 Å². The molecule has 1 heterocycles. The van der Waals surface area contributed by atoms with E-state index in [4.69, 9.17) is 28.9 Å². The van der Waals surface area contributed by atoms with Gasteiger partial charge in [-0.3, -0.25) is 9.69 Å². The molecule has 12 heteroatoms. The van der Waals surface area contributed by atoms with E-state index in [1.165, 1.54) is 12.1 Å². The Hall–Kier alpha value is -5.82. The molecule has 2 aliphatic carbocycles. The first-order chi connectivity index (χ1) is 30.8. The maximum Gasteiger partial charge on any atom is 0.410 e. The van der Waals surface area contributed by atoms with Gasteiger partial charge in [0.1, 0.15) is 42.0 Å². The first-order valence-electron chi connectivity index (χ1n) is 22.0. The minimum absolute atomic E-state index is 0.0136. The monoisotopic (exact) mass is 860 g/mol. The fraction of sp³-hybridized carbons (Fsp3) is 0.392. The summed E-state index contributed by atoms with van der Waals surface area (Å²) in [5, 5.41) is 24.8. The van der Waals surface area contributed by atoms with Crippen LogP contribution in [0.4, 0.5) is 9.18 Å². The molecule has 0 spiro atoms. The maximum absolute atomic E-state index is 14.4. The average Bonchev–Trinajstić information content (AvgIpc) is 3.30. The number of nitrogens with zero attached hydrogens (tertiary/aromatic N) is 2. The molecule has 6 unspecified atom stereocenters. The number of allylic oxidation sites excluding steroid dienone is 1. The molecule has 11 nitrogen and oxygen atoms in total. The summed E-state index contributed by atoms with van der Waals surface area (Å²) >= 11 is 0. The van der Waals surface area contributed by atoms with Crippen molar-refractivity contribution in [1.82, 2.24) is 4.90 Å². The molecular weight excluding hydrogens is 804 g/mol. The van der Waals surface area contributed by atoms with Crippen molar-refractivity contribution >= 4 is 18.1 Å². The number of halogens is 1. The number of carbonyl (C=O) groups excluding carboxylic acids is 2. The third-order valence-corrected chi connectivity index (χ3v) is 12.3. The number of aliphatic hydroxyl groups excluding tert-OH is 2. The normalized spacial score (nSPS) is 22.8. The van der Waals surface area contributed by atoms with Gasteiger partial charge in [0.25, 0.3) is 0 Å². The van der Waals surface area contributed by atoms with Crippen LogP contribution in [0.1, 0.15) is 84.8 Å². The van der Waals surface area contributed by atoms with E-state index >= 15 is 0 Å². The van der Waals surface area contributed by atoms with E-state index < -0.39 is 29.7 Å². The van der Waals surface area contributed by atoms with Gasteiger partial charge in [-0.25, -0.2) is 9.18 Å². The molecule has 4 aromatic carbocycles. The van der Waals surface area contributed by atoms with Crippen LogP contribution in [0.2, 0.25) is 0 Å². The average molecular weight is 861 g/mol. The Morgan fingerprint density at radius 1 is 0.937 bits per heavy atom. The summed E-state index contributed by atoms with van der Waals surface area (Å²) in [6, 6.07) is 27.5. The van der Waals surface area contributed by atoms with Crippen LogP contribution in [-0.4, -0.2) is 71.5 Å². The molecule has 3 aliphatic rings. The highest BCUT2D eigenvalue weighted by Gasteiger charge is 2.65. The molecule has 1 aliphatic heterocycles. The Labute approximate surface area is 368 Å². The largest absolute Gasteiger partial charge is 0.459 e. The fourth-order valence-corrected chi connectivity index (χ4v) is 9.55. The number of hydrogen-bond acceptors (Lipinski definition) is 10. The predicted octanol–water partition coefficient (Wildman–Crippen LogP) is 9.92. The minimum Gasteiger partial charge on any atom is -0.459 e. The van der Waals surface area contributed by atoms with Gasteiger partial charge in [0, 0.05) is 43.2 Å². The summed E-state index contributed by atoms with van der Waals surface area (Å²) in [7, 11) is 0. The number of benzene rings is 4. The van der Waals surface area contributed by atoms with E-state index in [9.17, 15) is 24.2 Å². The number of unbranched alkanes of at least 4 members (excludes halogenated alkanes) is 2. The van der Waals surface area contributed by atoms with Crippen molar-refractivity contribution in [3.63, 3.8) is 0 Å². The van der Waals surface area contributed by atoms with Crippen molar-refractivity contribution in [3.8, 4) is 17.2 Å². The lowest BCUT2D eigenvalue weighted by atomic mass is 9.55. The number of ether oxygens (including phenoxy) is 4. The summed E-state index contributed by atoms with van der Waals surface area (Å²) in [6.07, 6.45) is 8.59. The molecule has 1 fully saturated rings. The second kappa shape index (κ2) is 21.5. The third kappa shape index (κ3) is 10.4. The number of amides is 1. The first-order valence-corrected chi connectivity index (χ1v) is 22.0. The van der Waals surface area contributed by atoms with Crippen molar-refractivity contribution in [3.05, 3.63) is 149 Å². The van der Waals surface area contributed by atoms with Crippen molar-refractivity contribution in [2.24, 2.45) is 22.9 Å². The number of rotatable bonds is 21. The second-order valence-electron chi connectivity index (χ2n) is 16.3. The van der Waals surface area contributed by atoms with E-state index in [-0.39, 0.29) is 63.8 Å². The van der Waals surface area contributed by atoms with E-state index in [0.717, 1.165) is 48.7 Å². The molecule has 0 saturated heterocycles. The zero-order valence-corrected chi connectivity index (χ0v) is 35.8. The Kier molecular flexibility index (Phi) is 15.4. The number of hydrogen-bond donors (Lipinski definition) is 2. The number of oxime groups is 1. The molecule has 2 N–H and O–H groups in total. The lowest BCUT2D eigenvalue weighted by molar-refractivity contribution is -0.256. The summed E-state index contributed by atoms with van der Waals surface area (Å²) < 4.78 is 40.8. The van der Waals surface area contributed by atoms with Crippen LogP contribution in [0.25, 0.3) is 0 Å². The Morgan fingerprint density at radius 2 is 1.70 bits per heavy atom. The molecule has 63 heavy (non-hydrogen) atoms. The van der Waals surface area contributed by atoms with Gasteiger partial charge < -0.3 is 34.0 Å². The van der Waals surface area contributed by atoms with Crippen LogP contribution in [-0.2, 0) is 27.5 Å². The van der Waals surface area contributed by atoms with Gasteiger partial charge in [-0.1, -0.05) is 84.7 Å². The molecule has 4 aromatic rings. The molecule has 1 saturated carbocycles. The highest BCUT2D eigenvalue weighted by atomic mass is 19.1. The second-order valence-corrected chi connectivity index (χ2v) is 16.3. The van der Waals surface area contributed by atoms with E-state index in [2.05, 4.69) is 12.7 Å². The number of aliphatic hydroxyl groups is 2. The lowest BCUT2D eigenvalue weighted by Gasteiger charge is -2.59. The quantitative estimate of drug-likeness (QED) is 0.0363. The SMILES string of the molecule is C=CCOC12Oc3ccc(Oc4cccc(C=O)c4)cc3C3C(CCCCO)C(CCCCO)C=C(C(=NOCc4ccccc4)CC1N(Cc1ccc(F)cc1)C(=O)OCC)C32. The topological polar surface area (TPSA) is 136 Å². The molecule has 1 amide bonds. The van der Waals surface area contributed by atoms with E-state index in [0.29, 0.717) is 46.9 Å². The van der Waals surface area contributed by atoms with Gasteiger partial charge >= 0.3 is 6.09 Å². The number of fused-ring (bicyclic) bond motifs is 2. The van der Waals surface area contributed by atoms with Gasteiger partial charge in [-0.05, 0) is 104 Å². The van der Waals surface area contributed by atoms with Crippen LogP contribution >= 0.6 is 0 Å². The molecule has 332 valence electrons. The highest BCUT2D eigenvalue weighted by Crippen LogP contribution is 2.62. The Bertz CT molecular complexity index is 2230. The van der Waals surface area contributed by atoms with Crippen LogP contribution < -0.4 is 9.47 Å². The van der Waals surface area contributed by atoms with E-state index in [1.54, 1.807) is 54.3 Å². The molecule has 7 rings (SSSR count). The first kappa shape index (κ1) is 45.2. The molecule has 0 aromatic heterocycles.